The third-order valence-corrected chi connectivity index (χ3v) is 3.61. The lowest BCUT2D eigenvalue weighted by Crippen LogP contribution is -2.46. The standard InChI is InChI=1S/C14H18FNO2/c1-2-10-9-16(8-7-13(10)17)14(18)11-5-3-4-6-12(11)15/h3-6,10,13,17H,2,7-9H2,1H3. The van der Waals surface area contributed by atoms with Gasteiger partial charge in [-0.15, -0.1) is 0 Å². The van der Waals surface area contributed by atoms with E-state index in [9.17, 15) is 14.3 Å². The second-order valence-corrected chi connectivity index (χ2v) is 4.76. The van der Waals surface area contributed by atoms with Crippen LogP contribution in [0.2, 0.25) is 0 Å². The number of hydrogen-bond donors (Lipinski definition) is 1. The van der Waals surface area contributed by atoms with E-state index in [1.165, 1.54) is 12.1 Å². The van der Waals surface area contributed by atoms with E-state index in [1.54, 1.807) is 17.0 Å². The maximum Gasteiger partial charge on any atom is 0.256 e. The highest BCUT2D eigenvalue weighted by Crippen LogP contribution is 2.22. The third-order valence-electron chi connectivity index (χ3n) is 3.61. The van der Waals surface area contributed by atoms with Crippen molar-refractivity contribution in [2.45, 2.75) is 25.9 Å². The molecule has 4 heteroatoms. The Morgan fingerprint density at radius 3 is 2.89 bits per heavy atom. The van der Waals surface area contributed by atoms with Crippen molar-refractivity contribution in [3.05, 3.63) is 35.6 Å². The molecular formula is C14H18FNO2. The monoisotopic (exact) mass is 251 g/mol. The molecule has 0 aliphatic carbocycles. The van der Waals surface area contributed by atoms with E-state index < -0.39 is 5.82 Å². The molecule has 1 heterocycles. The van der Waals surface area contributed by atoms with Crippen molar-refractivity contribution in [2.24, 2.45) is 5.92 Å². The lowest BCUT2D eigenvalue weighted by Gasteiger charge is -2.35. The molecule has 1 N–H and O–H groups in total. The molecule has 2 rings (SSSR count). The first-order valence-electron chi connectivity index (χ1n) is 6.35. The summed E-state index contributed by atoms with van der Waals surface area (Å²) in [6.45, 7) is 2.99. The molecule has 0 spiro atoms. The number of rotatable bonds is 2. The number of likely N-dealkylation sites (tertiary alicyclic amines) is 1. The van der Waals surface area contributed by atoms with Crippen molar-refractivity contribution in [1.82, 2.24) is 4.90 Å². The molecule has 18 heavy (non-hydrogen) atoms. The number of amides is 1. The zero-order valence-electron chi connectivity index (χ0n) is 10.5. The van der Waals surface area contributed by atoms with Gasteiger partial charge in [0.25, 0.3) is 5.91 Å². The van der Waals surface area contributed by atoms with Crippen LogP contribution in [0.3, 0.4) is 0 Å². The van der Waals surface area contributed by atoms with Gasteiger partial charge >= 0.3 is 0 Å². The fraction of sp³-hybridized carbons (Fsp3) is 0.500. The van der Waals surface area contributed by atoms with Gasteiger partial charge in [0, 0.05) is 19.0 Å². The first-order chi connectivity index (χ1) is 8.63. The van der Waals surface area contributed by atoms with Gasteiger partial charge in [-0.1, -0.05) is 19.1 Å². The summed E-state index contributed by atoms with van der Waals surface area (Å²) in [5.74, 6) is -0.672. The number of aliphatic hydroxyl groups excluding tert-OH is 1. The zero-order chi connectivity index (χ0) is 13.1. The first kappa shape index (κ1) is 13.0. The average molecular weight is 251 g/mol. The topological polar surface area (TPSA) is 40.5 Å². The number of carbonyl (C=O) groups is 1. The quantitative estimate of drug-likeness (QED) is 0.874. The predicted octanol–water partition coefficient (Wildman–Crippen LogP) is 2.06. The van der Waals surface area contributed by atoms with Gasteiger partial charge in [-0.25, -0.2) is 4.39 Å². The molecule has 1 saturated heterocycles. The van der Waals surface area contributed by atoms with Gasteiger partial charge in [-0.05, 0) is 25.0 Å². The van der Waals surface area contributed by atoms with Crippen molar-refractivity contribution in [2.75, 3.05) is 13.1 Å². The van der Waals surface area contributed by atoms with Gasteiger partial charge in [0.2, 0.25) is 0 Å². The van der Waals surface area contributed by atoms with E-state index in [0.717, 1.165) is 6.42 Å². The minimum Gasteiger partial charge on any atom is -0.393 e. The molecule has 3 nitrogen and oxygen atoms in total. The molecule has 1 aromatic carbocycles. The summed E-state index contributed by atoms with van der Waals surface area (Å²) in [7, 11) is 0. The number of carbonyl (C=O) groups excluding carboxylic acids is 1. The maximum absolute atomic E-state index is 13.6. The summed E-state index contributed by atoms with van der Waals surface area (Å²) in [6.07, 6.45) is 1.04. The Kier molecular flexibility index (Phi) is 3.97. The number of halogens is 1. The number of hydrogen-bond acceptors (Lipinski definition) is 2. The van der Waals surface area contributed by atoms with Gasteiger partial charge in [0.05, 0.1) is 11.7 Å². The van der Waals surface area contributed by atoms with E-state index in [1.807, 2.05) is 6.92 Å². The highest BCUT2D eigenvalue weighted by molar-refractivity contribution is 5.94. The van der Waals surface area contributed by atoms with Gasteiger partial charge in [-0.2, -0.15) is 0 Å². The molecule has 2 atom stereocenters. The van der Waals surface area contributed by atoms with Gasteiger partial charge in [-0.3, -0.25) is 4.79 Å². The van der Waals surface area contributed by atoms with Crippen molar-refractivity contribution in [3.8, 4) is 0 Å². The molecule has 98 valence electrons. The Bertz CT molecular complexity index is 436. The maximum atomic E-state index is 13.6. The van der Waals surface area contributed by atoms with Crippen molar-refractivity contribution < 1.29 is 14.3 Å². The van der Waals surface area contributed by atoms with Crippen molar-refractivity contribution >= 4 is 5.91 Å². The van der Waals surface area contributed by atoms with Crippen LogP contribution in [0, 0.1) is 11.7 Å². The highest BCUT2D eigenvalue weighted by atomic mass is 19.1. The van der Waals surface area contributed by atoms with Crippen LogP contribution < -0.4 is 0 Å². The van der Waals surface area contributed by atoms with Crippen LogP contribution in [0.15, 0.2) is 24.3 Å². The average Bonchev–Trinajstić information content (AvgIpc) is 2.39. The van der Waals surface area contributed by atoms with Crippen LogP contribution in [0.4, 0.5) is 4.39 Å². The fourth-order valence-electron chi connectivity index (χ4n) is 2.41. The van der Waals surface area contributed by atoms with Crippen LogP contribution in [0.5, 0.6) is 0 Å². The van der Waals surface area contributed by atoms with E-state index in [-0.39, 0.29) is 23.5 Å². The van der Waals surface area contributed by atoms with Crippen molar-refractivity contribution in [1.29, 1.82) is 0 Å². The van der Waals surface area contributed by atoms with Crippen LogP contribution >= 0.6 is 0 Å². The Balaban J connectivity index is 2.13. The normalized spacial score (nSPS) is 24.1. The molecule has 2 unspecified atom stereocenters. The third kappa shape index (κ3) is 2.53. The van der Waals surface area contributed by atoms with E-state index in [0.29, 0.717) is 19.5 Å². The Morgan fingerprint density at radius 1 is 1.50 bits per heavy atom. The molecule has 1 aromatic rings. The summed E-state index contributed by atoms with van der Waals surface area (Å²) in [5.41, 5.74) is 0.115. The Labute approximate surface area is 106 Å². The minimum atomic E-state index is -0.485. The van der Waals surface area contributed by atoms with Crippen molar-refractivity contribution in [3.63, 3.8) is 0 Å². The molecule has 0 radical (unpaired) electrons. The zero-order valence-corrected chi connectivity index (χ0v) is 10.5. The van der Waals surface area contributed by atoms with Crippen LogP contribution in [-0.2, 0) is 0 Å². The second kappa shape index (κ2) is 5.48. The molecule has 1 fully saturated rings. The largest absolute Gasteiger partial charge is 0.393 e. The number of benzene rings is 1. The minimum absolute atomic E-state index is 0.0921. The van der Waals surface area contributed by atoms with E-state index in [2.05, 4.69) is 0 Å². The molecular weight excluding hydrogens is 233 g/mol. The fourth-order valence-corrected chi connectivity index (χ4v) is 2.41. The smallest absolute Gasteiger partial charge is 0.256 e. The summed E-state index contributed by atoms with van der Waals surface area (Å²) in [5, 5.41) is 9.78. The number of nitrogens with zero attached hydrogens (tertiary/aromatic N) is 1. The van der Waals surface area contributed by atoms with Crippen LogP contribution in [0.25, 0.3) is 0 Å². The Morgan fingerprint density at radius 2 is 2.22 bits per heavy atom. The van der Waals surface area contributed by atoms with Gasteiger partial charge < -0.3 is 10.0 Å². The lowest BCUT2D eigenvalue weighted by molar-refractivity contribution is 0.0226. The number of aliphatic hydroxyl groups is 1. The second-order valence-electron chi connectivity index (χ2n) is 4.76. The SMILES string of the molecule is CCC1CN(C(=O)c2ccccc2F)CCC1O. The highest BCUT2D eigenvalue weighted by Gasteiger charge is 2.30. The summed E-state index contributed by atoms with van der Waals surface area (Å²) in [6, 6.07) is 6.03. The Hall–Kier alpha value is -1.42. The van der Waals surface area contributed by atoms with Gasteiger partial charge in [0.15, 0.2) is 0 Å². The summed E-state index contributed by atoms with van der Waals surface area (Å²) >= 11 is 0. The molecule has 0 aromatic heterocycles. The van der Waals surface area contributed by atoms with E-state index in [4.69, 9.17) is 0 Å². The number of piperidine rings is 1. The first-order valence-corrected chi connectivity index (χ1v) is 6.35. The van der Waals surface area contributed by atoms with Gasteiger partial charge in [0.1, 0.15) is 5.82 Å². The van der Waals surface area contributed by atoms with Crippen LogP contribution in [-0.4, -0.2) is 35.1 Å². The lowest BCUT2D eigenvalue weighted by atomic mass is 9.92. The molecule has 1 aliphatic rings. The summed E-state index contributed by atoms with van der Waals surface area (Å²) < 4.78 is 13.6. The predicted molar refractivity (Wildman–Crippen MR) is 66.7 cm³/mol. The molecule has 0 bridgehead atoms. The summed E-state index contributed by atoms with van der Waals surface area (Å²) in [4.78, 5) is 13.8. The van der Waals surface area contributed by atoms with E-state index >= 15 is 0 Å². The van der Waals surface area contributed by atoms with Crippen LogP contribution in [0.1, 0.15) is 30.1 Å². The molecule has 0 saturated carbocycles. The molecule has 1 amide bonds. The molecule has 1 aliphatic heterocycles.